The van der Waals surface area contributed by atoms with Crippen LogP contribution in [-0.4, -0.2) is 46.0 Å². The lowest BCUT2D eigenvalue weighted by Crippen LogP contribution is -2.45. The first-order valence-electron chi connectivity index (χ1n) is 9.95. The molecule has 2 aromatic rings. The number of ether oxygens (including phenoxy) is 2. The largest absolute Gasteiger partial charge is 0.392 e. The van der Waals surface area contributed by atoms with Gasteiger partial charge in [0.05, 0.1) is 12.1 Å². The van der Waals surface area contributed by atoms with Gasteiger partial charge >= 0.3 is 23.9 Å². The average Bonchev–Trinajstić information content (AvgIpc) is 3.43. The fourth-order valence-electron chi connectivity index (χ4n) is 5.44. The van der Waals surface area contributed by atoms with Gasteiger partial charge in [-0.3, -0.25) is 9.59 Å². The van der Waals surface area contributed by atoms with Gasteiger partial charge in [0.15, 0.2) is 0 Å². The molecule has 4 saturated heterocycles. The molecule has 0 N–H and O–H groups in total. The van der Waals surface area contributed by atoms with Crippen LogP contribution in [0, 0.1) is 11.8 Å². The van der Waals surface area contributed by atoms with Crippen LogP contribution in [-0.2, 0) is 28.7 Å². The van der Waals surface area contributed by atoms with E-state index in [4.69, 9.17) is 32.7 Å². The number of hydrogen-bond donors (Lipinski definition) is 0. The van der Waals surface area contributed by atoms with E-state index in [9.17, 15) is 19.2 Å². The zero-order chi connectivity index (χ0) is 22.3. The van der Waals surface area contributed by atoms with Crippen molar-refractivity contribution >= 4 is 47.1 Å². The summed E-state index contributed by atoms with van der Waals surface area (Å²) in [6.45, 7) is 0. The van der Waals surface area contributed by atoms with E-state index in [0.717, 1.165) is 0 Å². The third-order valence-electron chi connectivity index (χ3n) is 6.62. The number of cyclic esters (lactones) is 4. The molecule has 8 nitrogen and oxygen atoms in total. The van der Waals surface area contributed by atoms with Crippen molar-refractivity contribution in [1.29, 1.82) is 0 Å². The van der Waals surface area contributed by atoms with Crippen LogP contribution in [0.2, 0.25) is 10.0 Å². The summed E-state index contributed by atoms with van der Waals surface area (Å²) < 4.78 is 9.99. The van der Waals surface area contributed by atoms with Crippen LogP contribution >= 0.6 is 23.2 Å². The first-order chi connectivity index (χ1) is 15.4. The smallest absolute Gasteiger partial charge is 0.333 e. The second kappa shape index (κ2) is 6.86. The maximum absolute atomic E-state index is 12.8. The van der Waals surface area contributed by atoms with Gasteiger partial charge in [0.25, 0.3) is 0 Å². The van der Waals surface area contributed by atoms with Crippen LogP contribution in [0.5, 0.6) is 0 Å². The SMILES string of the molecule is O=C1OC(=O)[C@@H]2[C@@H]1[C@@H](c1ccc(Cl)cc1)N1[C@@H]3C(=O)OC(=O)[C@H]3[C@H](c3ccc(Cl)cc3)N21. The fourth-order valence-corrected chi connectivity index (χ4v) is 5.70. The number of fused-ring (bicyclic) bond motifs is 5. The topological polar surface area (TPSA) is 93.2 Å². The molecule has 4 fully saturated rings. The molecule has 32 heavy (non-hydrogen) atoms. The van der Waals surface area contributed by atoms with Crippen LogP contribution in [0.3, 0.4) is 0 Å². The molecule has 2 aromatic carbocycles. The molecule has 0 amide bonds. The van der Waals surface area contributed by atoms with Crippen molar-refractivity contribution in [3.05, 3.63) is 69.7 Å². The van der Waals surface area contributed by atoms with Crippen LogP contribution in [0.4, 0.5) is 0 Å². The summed E-state index contributed by atoms with van der Waals surface area (Å²) in [7, 11) is 0. The van der Waals surface area contributed by atoms with Gasteiger partial charge in [-0.05, 0) is 35.4 Å². The second-order valence-corrected chi connectivity index (χ2v) is 9.05. The molecule has 0 aliphatic carbocycles. The van der Waals surface area contributed by atoms with Crippen molar-refractivity contribution in [2.75, 3.05) is 0 Å². The summed E-state index contributed by atoms with van der Waals surface area (Å²) in [4.78, 5) is 51.1. The van der Waals surface area contributed by atoms with Crippen molar-refractivity contribution in [2.45, 2.75) is 24.2 Å². The Bertz CT molecular complexity index is 1090. The molecular formula is C22H14Cl2N2O6. The fraction of sp³-hybridized carbons (Fsp3) is 0.273. The highest BCUT2D eigenvalue weighted by molar-refractivity contribution is 6.30. The van der Waals surface area contributed by atoms with Gasteiger partial charge in [0.1, 0.15) is 23.9 Å². The average molecular weight is 473 g/mol. The number of esters is 4. The van der Waals surface area contributed by atoms with Gasteiger partial charge in [-0.2, -0.15) is 0 Å². The van der Waals surface area contributed by atoms with Crippen molar-refractivity contribution in [3.8, 4) is 0 Å². The Hall–Kier alpha value is -2.78. The molecule has 10 heteroatoms. The lowest BCUT2D eigenvalue weighted by atomic mass is 9.84. The molecule has 0 unspecified atom stereocenters. The van der Waals surface area contributed by atoms with E-state index in [-0.39, 0.29) is 0 Å². The summed E-state index contributed by atoms with van der Waals surface area (Å²) in [6, 6.07) is 10.2. The zero-order valence-corrected chi connectivity index (χ0v) is 17.7. The van der Waals surface area contributed by atoms with Crippen LogP contribution < -0.4 is 0 Å². The third kappa shape index (κ3) is 2.58. The zero-order valence-electron chi connectivity index (χ0n) is 16.2. The number of carbonyl (C=O) groups is 4. The summed E-state index contributed by atoms with van der Waals surface area (Å²) in [5.74, 6) is -4.50. The molecule has 162 valence electrons. The Balaban J connectivity index is 1.56. The molecule has 6 atom stereocenters. The number of nitrogens with zero attached hydrogens (tertiary/aromatic N) is 2. The number of carbonyl (C=O) groups excluding carboxylic acids is 4. The van der Waals surface area contributed by atoms with Gasteiger partial charge in [-0.1, -0.05) is 47.5 Å². The summed E-state index contributed by atoms with van der Waals surface area (Å²) in [5.41, 5.74) is 1.34. The molecule has 0 saturated carbocycles. The predicted octanol–water partition coefficient (Wildman–Crippen LogP) is 2.46. The molecule has 4 heterocycles. The number of hydrogen-bond acceptors (Lipinski definition) is 8. The van der Waals surface area contributed by atoms with Crippen LogP contribution in [0.15, 0.2) is 48.5 Å². The Morgan fingerprint density at radius 1 is 0.531 bits per heavy atom. The predicted molar refractivity (Wildman–Crippen MR) is 109 cm³/mol. The molecule has 0 aromatic heterocycles. The van der Waals surface area contributed by atoms with Gasteiger partial charge in [0.2, 0.25) is 0 Å². The standard InChI is InChI=1S/C22H14Cl2N2O6/c23-11-5-1-9(2-6-11)15-13-17(21(29)31-19(13)27)26-16(10-3-7-12(24)8-4-10)14-18(25(15)26)22(30)32-20(14)28/h1-8,13-18H/t13-,14-,15-,16+,17-,18-/m0/s1. The van der Waals surface area contributed by atoms with Gasteiger partial charge in [0, 0.05) is 10.0 Å². The molecule has 0 radical (unpaired) electrons. The summed E-state index contributed by atoms with van der Waals surface area (Å²) in [5, 5.41) is 4.32. The highest BCUT2D eigenvalue weighted by Gasteiger charge is 2.72. The van der Waals surface area contributed by atoms with Gasteiger partial charge in [-0.15, -0.1) is 0 Å². The van der Waals surface area contributed by atoms with E-state index in [0.29, 0.717) is 21.2 Å². The molecule has 0 spiro atoms. The number of benzene rings is 2. The Morgan fingerprint density at radius 3 is 1.22 bits per heavy atom. The first-order valence-corrected chi connectivity index (χ1v) is 10.7. The first kappa shape index (κ1) is 19.9. The molecule has 4 aliphatic rings. The Morgan fingerprint density at radius 2 is 0.875 bits per heavy atom. The molecule has 6 rings (SSSR count). The summed E-state index contributed by atoms with van der Waals surface area (Å²) >= 11 is 12.1. The minimum Gasteiger partial charge on any atom is -0.392 e. The molecule has 4 aliphatic heterocycles. The highest BCUT2D eigenvalue weighted by atomic mass is 35.5. The monoisotopic (exact) mass is 472 g/mol. The van der Waals surface area contributed by atoms with Crippen molar-refractivity contribution in [2.24, 2.45) is 11.8 Å². The van der Waals surface area contributed by atoms with E-state index in [2.05, 4.69) is 0 Å². The van der Waals surface area contributed by atoms with E-state index >= 15 is 0 Å². The lowest BCUT2D eigenvalue weighted by molar-refractivity contribution is -0.167. The summed E-state index contributed by atoms with van der Waals surface area (Å²) in [6.07, 6.45) is 0. The Labute approximate surface area is 191 Å². The van der Waals surface area contributed by atoms with E-state index in [1.54, 1.807) is 58.5 Å². The Kier molecular flexibility index (Phi) is 4.26. The number of hydrazine groups is 1. The molecule has 0 bridgehead atoms. The van der Waals surface area contributed by atoms with Crippen LogP contribution in [0.25, 0.3) is 0 Å². The van der Waals surface area contributed by atoms with Crippen molar-refractivity contribution in [1.82, 2.24) is 10.0 Å². The quantitative estimate of drug-likeness (QED) is 0.485. The van der Waals surface area contributed by atoms with Crippen molar-refractivity contribution < 1.29 is 28.7 Å². The third-order valence-corrected chi connectivity index (χ3v) is 7.12. The van der Waals surface area contributed by atoms with E-state index in [1.807, 2.05) is 0 Å². The number of rotatable bonds is 2. The second-order valence-electron chi connectivity index (χ2n) is 8.17. The normalized spacial score (nSPS) is 33.8. The number of halogens is 2. The van der Waals surface area contributed by atoms with Crippen LogP contribution in [0.1, 0.15) is 23.2 Å². The molecular weight excluding hydrogens is 459 g/mol. The van der Waals surface area contributed by atoms with Gasteiger partial charge < -0.3 is 9.47 Å². The van der Waals surface area contributed by atoms with Gasteiger partial charge in [-0.25, -0.2) is 19.6 Å². The maximum Gasteiger partial charge on any atom is 0.333 e. The maximum atomic E-state index is 12.8. The van der Waals surface area contributed by atoms with Crippen molar-refractivity contribution in [3.63, 3.8) is 0 Å². The lowest BCUT2D eigenvalue weighted by Gasteiger charge is -2.33. The minimum absolute atomic E-state index is 0.499. The van der Waals surface area contributed by atoms with E-state index < -0.39 is 59.9 Å². The minimum atomic E-state index is -0.977. The highest BCUT2D eigenvalue weighted by Crippen LogP contribution is 2.58. The van der Waals surface area contributed by atoms with E-state index in [1.165, 1.54) is 0 Å².